The van der Waals surface area contributed by atoms with Crippen LogP contribution in [0.2, 0.25) is 10.0 Å². The monoisotopic (exact) mass is 536 g/mol. The fourth-order valence-corrected chi connectivity index (χ4v) is 4.23. The van der Waals surface area contributed by atoms with Gasteiger partial charge in [-0.25, -0.2) is 4.79 Å². The Morgan fingerprint density at radius 2 is 1.57 bits per heavy atom. The molecule has 0 saturated carbocycles. The van der Waals surface area contributed by atoms with Crippen molar-refractivity contribution >= 4 is 63.9 Å². The smallest absolute Gasteiger partial charge is 0.328 e. The van der Waals surface area contributed by atoms with Crippen LogP contribution < -0.4 is 10.2 Å². The third kappa shape index (κ3) is 5.55. The quantitative estimate of drug-likeness (QED) is 0.226. The lowest BCUT2D eigenvalue weighted by Crippen LogP contribution is -2.29. The van der Waals surface area contributed by atoms with Gasteiger partial charge in [-0.3, -0.25) is 19.3 Å². The van der Waals surface area contributed by atoms with Gasteiger partial charge >= 0.3 is 5.97 Å². The van der Waals surface area contributed by atoms with E-state index in [4.69, 9.17) is 28.3 Å². The zero-order valence-electron chi connectivity index (χ0n) is 18.9. The van der Waals surface area contributed by atoms with E-state index in [1.54, 1.807) is 42.5 Å². The summed E-state index contributed by atoms with van der Waals surface area (Å²) in [6.45, 7) is 0. The van der Waals surface area contributed by atoms with E-state index in [-0.39, 0.29) is 16.8 Å². The summed E-state index contributed by atoms with van der Waals surface area (Å²) >= 11 is 12.2. The predicted molar refractivity (Wildman–Crippen MR) is 140 cm³/mol. The molecule has 186 valence electrons. The van der Waals surface area contributed by atoms with Gasteiger partial charge in [-0.15, -0.1) is 0 Å². The van der Waals surface area contributed by atoms with Crippen molar-refractivity contribution in [3.05, 3.63) is 112 Å². The maximum absolute atomic E-state index is 13.2. The highest BCUT2D eigenvalue weighted by atomic mass is 35.5. The van der Waals surface area contributed by atoms with Gasteiger partial charge in [0.1, 0.15) is 5.76 Å². The first kappa shape index (κ1) is 25.7. The number of hydrogen-bond donors (Lipinski definition) is 3. The molecule has 0 spiro atoms. The number of aliphatic hydroxyl groups is 1. The number of benzene rings is 3. The van der Waals surface area contributed by atoms with Crippen molar-refractivity contribution in [2.75, 3.05) is 10.2 Å². The fraction of sp³-hybridized carbons (Fsp3) is 0.0370. The molecule has 1 atom stereocenters. The van der Waals surface area contributed by atoms with Crippen molar-refractivity contribution < 1.29 is 29.4 Å². The number of carbonyl (C=O) groups is 4. The number of rotatable bonds is 6. The minimum Gasteiger partial charge on any atom is -0.507 e. The van der Waals surface area contributed by atoms with Crippen LogP contribution in [0.4, 0.5) is 11.4 Å². The van der Waals surface area contributed by atoms with Crippen molar-refractivity contribution in [2.45, 2.75) is 6.04 Å². The minimum absolute atomic E-state index is 0.156. The molecule has 8 nitrogen and oxygen atoms in total. The molecule has 1 saturated heterocycles. The van der Waals surface area contributed by atoms with Crippen molar-refractivity contribution in [1.29, 1.82) is 0 Å². The Morgan fingerprint density at radius 1 is 0.865 bits per heavy atom. The molecule has 3 aromatic carbocycles. The first-order chi connectivity index (χ1) is 17.7. The van der Waals surface area contributed by atoms with Crippen LogP contribution in [-0.4, -0.2) is 33.8 Å². The molecule has 4 rings (SSSR count). The van der Waals surface area contributed by atoms with E-state index in [1.165, 1.54) is 35.2 Å². The SMILES string of the molecule is O=C(O)C=CC(=O)Nc1cccc(C(O)=C2C(=O)C(=O)N(c3cccc(Cl)c3)C2c2ccc(Cl)cc2)c1. The number of halogens is 2. The van der Waals surface area contributed by atoms with Gasteiger partial charge in [0.25, 0.3) is 11.7 Å². The maximum atomic E-state index is 13.2. The molecule has 1 aliphatic rings. The number of carbonyl (C=O) groups excluding carboxylic acids is 3. The summed E-state index contributed by atoms with van der Waals surface area (Å²) in [7, 11) is 0. The van der Waals surface area contributed by atoms with E-state index < -0.39 is 35.4 Å². The lowest BCUT2D eigenvalue weighted by atomic mass is 9.95. The molecule has 0 bridgehead atoms. The van der Waals surface area contributed by atoms with E-state index in [9.17, 15) is 24.3 Å². The highest BCUT2D eigenvalue weighted by Crippen LogP contribution is 2.43. The molecule has 0 aromatic heterocycles. The number of Topliss-reactive ketones (excluding diaryl/α,β-unsaturated/α-hetero) is 1. The Hall–Kier alpha value is -4.40. The number of nitrogens with one attached hydrogen (secondary N) is 1. The van der Waals surface area contributed by atoms with Crippen LogP contribution in [0.5, 0.6) is 0 Å². The number of ketones is 1. The van der Waals surface area contributed by atoms with Crippen LogP contribution in [0.3, 0.4) is 0 Å². The van der Waals surface area contributed by atoms with Crippen molar-refractivity contribution in [1.82, 2.24) is 0 Å². The summed E-state index contributed by atoms with van der Waals surface area (Å²) in [5, 5.41) is 23.2. The number of aliphatic carboxylic acids is 1. The van der Waals surface area contributed by atoms with Gasteiger partial charge in [0.15, 0.2) is 0 Å². The Balaban J connectivity index is 1.82. The van der Waals surface area contributed by atoms with E-state index in [0.717, 1.165) is 6.08 Å². The number of carboxylic acids is 1. The maximum Gasteiger partial charge on any atom is 0.328 e. The lowest BCUT2D eigenvalue weighted by Gasteiger charge is -2.25. The standard InChI is InChI=1S/C27H18Cl2N2O6/c28-17-9-7-15(8-10-17)24-23(26(36)27(37)31(24)20-6-2-4-18(29)14-20)25(35)16-3-1-5-19(13-16)30-21(32)11-12-22(33)34/h1-14,24,35H,(H,30,32)(H,33,34). The number of anilines is 2. The fourth-order valence-electron chi connectivity index (χ4n) is 3.92. The Labute approximate surface area is 221 Å². The molecule has 10 heteroatoms. The Morgan fingerprint density at radius 3 is 2.24 bits per heavy atom. The highest BCUT2D eigenvalue weighted by molar-refractivity contribution is 6.51. The molecule has 1 fully saturated rings. The molecule has 0 radical (unpaired) electrons. The largest absolute Gasteiger partial charge is 0.507 e. The van der Waals surface area contributed by atoms with Crippen molar-refractivity contribution in [3.63, 3.8) is 0 Å². The number of aliphatic hydroxyl groups excluding tert-OH is 1. The molecule has 1 unspecified atom stereocenters. The summed E-state index contributed by atoms with van der Waals surface area (Å²) in [6.07, 6.45) is 1.52. The van der Waals surface area contributed by atoms with Gasteiger partial charge in [-0.2, -0.15) is 0 Å². The molecule has 1 heterocycles. The van der Waals surface area contributed by atoms with E-state index in [2.05, 4.69) is 5.32 Å². The van der Waals surface area contributed by atoms with Crippen LogP contribution in [-0.2, 0) is 19.2 Å². The number of carboxylic acid groups (broad SMARTS) is 1. The summed E-state index contributed by atoms with van der Waals surface area (Å²) in [5.74, 6) is -4.21. The van der Waals surface area contributed by atoms with Gasteiger partial charge in [0.2, 0.25) is 5.91 Å². The predicted octanol–water partition coefficient (Wildman–Crippen LogP) is 5.20. The molecule has 2 amide bonds. The summed E-state index contributed by atoms with van der Waals surface area (Å²) in [6, 6.07) is 17.9. The number of hydrogen-bond acceptors (Lipinski definition) is 5. The summed E-state index contributed by atoms with van der Waals surface area (Å²) < 4.78 is 0. The van der Waals surface area contributed by atoms with E-state index in [1.807, 2.05) is 0 Å². The minimum atomic E-state index is -1.28. The van der Waals surface area contributed by atoms with Crippen LogP contribution in [0.25, 0.3) is 5.76 Å². The number of amides is 2. The Bertz CT molecular complexity index is 1480. The zero-order valence-corrected chi connectivity index (χ0v) is 20.4. The van der Waals surface area contributed by atoms with E-state index in [0.29, 0.717) is 27.4 Å². The van der Waals surface area contributed by atoms with Crippen LogP contribution in [0.1, 0.15) is 17.2 Å². The number of nitrogens with zero attached hydrogens (tertiary/aromatic N) is 1. The zero-order chi connectivity index (χ0) is 26.7. The van der Waals surface area contributed by atoms with Crippen molar-refractivity contribution in [3.8, 4) is 0 Å². The first-order valence-electron chi connectivity index (χ1n) is 10.8. The normalized spacial score (nSPS) is 16.8. The third-order valence-corrected chi connectivity index (χ3v) is 5.98. The van der Waals surface area contributed by atoms with Gasteiger partial charge in [0, 0.05) is 39.1 Å². The van der Waals surface area contributed by atoms with Crippen LogP contribution in [0, 0.1) is 0 Å². The molecule has 3 aromatic rings. The summed E-state index contributed by atoms with van der Waals surface area (Å²) in [5.41, 5.74) is 1.11. The average Bonchev–Trinajstić information content (AvgIpc) is 3.13. The molecule has 1 aliphatic heterocycles. The van der Waals surface area contributed by atoms with Gasteiger partial charge in [0.05, 0.1) is 11.6 Å². The van der Waals surface area contributed by atoms with Gasteiger partial charge in [-0.05, 0) is 48.0 Å². The lowest BCUT2D eigenvalue weighted by molar-refractivity contribution is -0.132. The molecule has 37 heavy (non-hydrogen) atoms. The molecular formula is C27H18Cl2N2O6. The Kier molecular flexibility index (Phi) is 7.42. The second-order valence-electron chi connectivity index (χ2n) is 7.94. The highest BCUT2D eigenvalue weighted by Gasteiger charge is 2.47. The van der Waals surface area contributed by atoms with E-state index >= 15 is 0 Å². The topological polar surface area (TPSA) is 124 Å². The molecule has 0 aliphatic carbocycles. The molecular weight excluding hydrogens is 519 g/mol. The second-order valence-corrected chi connectivity index (χ2v) is 8.82. The van der Waals surface area contributed by atoms with Gasteiger partial charge < -0.3 is 15.5 Å². The van der Waals surface area contributed by atoms with Gasteiger partial charge in [-0.1, -0.05) is 53.5 Å². The third-order valence-electron chi connectivity index (χ3n) is 5.50. The first-order valence-corrected chi connectivity index (χ1v) is 11.6. The molecule has 3 N–H and O–H groups in total. The average molecular weight is 537 g/mol. The second kappa shape index (κ2) is 10.7. The van der Waals surface area contributed by atoms with Crippen LogP contribution >= 0.6 is 23.2 Å². The van der Waals surface area contributed by atoms with Crippen LogP contribution in [0.15, 0.2) is 90.5 Å². The summed E-state index contributed by atoms with van der Waals surface area (Å²) in [4.78, 5) is 50.3. The van der Waals surface area contributed by atoms with Crippen molar-refractivity contribution in [2.24, 2.45) is 0 Å².